The SMILES string of the molecule is CCOC(=O)c1c(NC(=O)C(CCC(C)C)N2C(=O)c3ccccc3C2=O)sc2c1CCCCC2. The second-order valence-electron chi connectivity index (χ2n) is 9.49. The number of ether oxygens (including phenoxy) is 1. The summed E-state index contributed by atoms with van der Waals surface area (Å²) in [6.45, 7) is 6.06. The molecule has 8 heteroatoms. The van der Waals surface area contributed by atoms with Crippen LogP contribution in [0.1, 0.15) is 94.4 Å². The number of hydrogen-bond acceptors (Lipinski definition) is 6. The Morgan fingerprint density at radius 2 is 1.69 bits per heavy atom. The molecule has 1 aliphatic carbocycles. The third kappa shape index (κ3) is 5.03. The maximum atomic E-state index is 13.7. The summed E-state index contributed by atoms with van der Waals surface area (Å²) in [5.74, 6) is -1.53. The van der Waals surface area contributed by atoms with E-state index in [2.05, 4.69) is 5.32 Å². The van der Waals surface area contributed by atoms with E-state index in [1.165, 1.54) is 11.3 Å². The monoisotopic (exact) mass is 496 g/mol. The number of nitrogens with one attached hydrogen (secondary N) is 1. The normalized spacial score (nSPS) is 16.1. The molecule has 1 atom stereocenters. The summed E-state index contributed by atoms with van der Waals surface area (Å²) < 4.78 is 5.33. The molecule has 1 aromatic heterocycles. The summed E-state index contributed by atoms with van der Waals surface area (Å²) in [7, 11) is 0. The van der Waals surface area contributed by atoms with Gasteiger partial charge in [0.05, 0.1) is 23.3 Å². The lowest BCUT2D eigenvalue weighted by atomic mass is 10.0. The van der Waals surface area contributed by atoms with Crippen LogP contribution in [-0.2, 0) is 22.4 Å². The Labute approximate surface area is 209 Å². The number of imide groups is 1. The van der Waals surface area contributed by atoms with Gasteiger partial charge in [-0.2, -0.15) is 0 Å². The first-order valence-corrected chi connectivity index (χ1v) is 13.2. The van der Waals surface area contributed by atoms with Crippen molar-refractivity contribution in [3.05, 3.63) is 51.4 Å². The van der Waals surface area contributed by atoms with Gasteiger partial charge in [-0.3, -0.25) is 19.3 Å². The van der Waals surface area contributed by atoms with Gasteiger partial charge >= 0.3 is 5.97 Å². The molecule has 0 saturated heterocycles. The van der Waals surface area contributed by atoms with Crippen LogP contribution in [0.2, 0.25) is 0 Å². The maximum absolute atomic E-state index is 13.7. The predicted molar refractivity (Wildman–Crippen MR) is 135 cm³/mol. The molecular formula is C27H32N2O5S. The Balaban J connectivity index is 1.67. The number of benzene rings is 1. The largest absolute Gasteiger partial charge is 0.462 e. The van der Waals surface area contributed by atoms with Crippen molar-refractivity contribution in [1.29, 1.82) is 0 Å². The van der Waals surface area contributed by atoms with E-state index in [0.717, 1.165) is 47.4 Å². The quantitative estimate of drug-likeness (QED) is 0.307. The molecule has 1 aliphatic heterocycles. The van der Waals surface area contributed by atoms with E-state index in [-0.39, 0.29) is 12.5 Å². The van der Waals surface area contributed by atoms with E-state index < -0.39 is 29.7 Å². The van der Waals surface area contributed by atoms with E-state index in [4.69, 9.17) is 4.74 Å². The molecular weight excluding hydrogens is 464 g/mol. The minimum absolute atomic E-state index is 0.239. The molecule has 186 valence electrons. The topological polar surface area (TPSA) is 92.8 Å². The summed E-state index contributed by atoms with van der Waals surface area (Å²) >= 11 is 1.41. The van der Waals surface area contributed by atoms with Crippen molar-refractivity contribution in [2.24, 2.45) is 5.92 Å². The van der Waals surface area contributed by atoms with Crippen LogP contribution in [-0.4, -0.2) is 41.2 Å². The first-order valence-electron chi connectivity index (χ1n) is 12.4. The van der Waals surface area contributed by atoms with Gasteiger partial charge in [-0.1, -0.05) is 32.4 Å². The van der Waals surface area contributed by atoms with Crippen molar-refractivity contribution >= 4 is 40.0 Å². The van der Waals surface area contributed by atoms with Crippen molar-refractivity contribution in [3.8, 4) is 0 Å². The highest BCUT2D eigenvalue weighted by Crippen LogP contribution is 2.38. The van der Waals surface area contributed by atoms with Crippen molar-refractivity contribution in [3.63, 3.8) is 0 Å². The molecule has 7 nitrogen and oxygen atoms in total. The van der Waals surface area contributed by atoms with Crippen molar-refractivity contribution in [1.82, 2.24) is 4.90 Å². The summed E-state index contributed by atoms with van der Waals surface area (Å²) in [4.78, 5) is 55.1. The highest BCUT2D eigenvalue weighted by Gasteiger charge is 2.43. The Bertz CT molecular complexity index is 1120. The first-order chi connectivity index (χ1) is 16.8. The number of rotatable bonds is 8. The number of esters is 1. The smallest absolute Gasteiger partial charge is 0.341 e. The molecule has 0 radical (unpaired) electrons. The van der Waals surface area contributed by atoms with Gasteiger partial charge in [-0.25, -0.2) is 4.79 Å². The lowest BCUT2D eigenvalue weighted by Crippen LogP contribution is -2.47. The van der Waals surface area contributed by atoms with Crippen LogP contribution in [0.25, 0.3) is 0 Å². The number of hydrogen-bond donors (Lipinski definition) is 1. The van der Waals surface area contributed by atoms with Gasteiger partial charge in [0.25, 0.3) is 11.8 Å². The number of carbonyl (C=O) groups is 4. The molecule has 35 heavy (non-hydrogen) atoms. The molecule has 0 saturated carbocycles. The fourth-order valence-electron chi connectivity index (χ4n) is 4.80. The highest BCUT2D eigenvalue weighted by molar-refractivity contribution is 7.17. The van der Waals surface area contributed by atoms with Crippen LogP contribution < -0.4 is 5.32 Å². The Hall–Kier alpha value is -3.00. The van der Waals surface area contributed by atoms with Gasteiger partial charge in [0.1, 0.15) is 11.0 Å². The van der Waals surface area contributed by atoms with E-state index in [0.29, 0.717) is 34.5 Å². The zero-order valence-electron chi connectivity index (χ0n) is 20.5. The van der Waals surface area contributed by atoms with Crippen LogP contribution in [0, 0.1) is 5.92 Å². The minimum atomic E-state index is -0.971. The third-order valence-electron chi connectivity index (χ3n) is 6.59. The molecule has 0 spiro atoms. The summed E-state index contributed by atoms with van der Waals surface area (Å²) in [5, 5.41) is 3.38. The first kappa shape index (κ1) is 25.1. The fourth-order valence-corrected chi connectivity index (χ4v) is 6.09. The second-order valence-corrected chi connectivity index (χ2v) is 10.6. The fraction of sp³-hybridized carbons (Fsp3) is 0.481. The van der Waals surface area contributed by atoms with E-state index >= 15 is 0 Å². The Morgan fingerprint density at radius 1 is 1.03 bits per heavy atom. The molecule has 3 amide bonds. The van der Waals surface area contributed by atoms with Crippen LogP contribution in [0.15, 0.2) is 24.3 Å². The molecule has 1 unspecified atom stereocenters. The van der Waals surface area contributed by atoms with Crippen LogP contribution in [0.3, 0.4) is 0 Å². The zero-order chi connectivity index (χ0) is 25.1. The molecule has 0 fully saturated rings. The van der Waals surface area contributed by atoms with E-state index in [9.17, 15) is 19.2 Å². The Kier molecular flexibility index (Phi) is 7.69. The standard InChI is InChI=1S/C27H32N2O5S/c1-4-34-27(33)22-19-12-6-5-7-13-21(19)35-24(22)28-23(30)20(15-14-16(2)3)29-25(31)17-10-8-9-11-18(17)26(29)32/h8-11,16,20H,4-7,12-15H2,1-3H3,(H,28,30). The van der Waals surface area contributed by atoms with Gasteiger partial charge in [0.2, 0.25) is 5.91 Å². The molecule has 1 N–H and O–H groups in total. The number of anilines is 1. The van der Waals surface area contributed by atoms with Crippen LogP contribution in [0.5, 0.6) is 0 Å². The average Bonchev–Trinajstić information content (AvgIpc) is 3.17. The van der Waals surface area contributed by atoms with Crippen molar-refractivity contribution in [2.75, 3.05) is 11.9 Å². The number of thiophene rings is 1. The molecule has 2 heterocycles. The molecule has 1 aromatic carbocycles. The Morgan fingerprint density at radius 3 is 2.31 bits per heavy atom. The minimum Gasteiger partial charge on any atom is -0.462 e. The van der Waals surface area contributed by atoms with E-state index in [1.807, 2.05) is 13.8 Å². The molecule has 0 bridgehead atoms. The van der Waals surface area contributed by atoms with Crippen molar-refractivity contribution in [2.45, 2.75) is 71.8 Å². The highest BCUT2D eigenvalue weighted by atomic mass is 32.1. The molecule has 2 aliphatic rings. The number of carbonyl (C=O) groups excluding carboxylic acids is 4. The van der Waals surface area contributed by atoms with Gasteiger partial charge in [0.15, 0.2) is 0 Å². The summed E-state index contributed by atoms with van der Waals surface area (Å²) in [6.07, 6.45) is 5.75. The zero-order valence-corrected chi connectivity index (χ0v) is 21.3. The van der Waals surface area contributed by atoms with Gasteiger partial charge in [0, 0.05) is 4.88 Å². The van der Waals surface area contributed by atoms with Gasteiger partial charge in [-0.15, -0.1) is 11.3 Å². The van der Waals surface area contributed by atoms with Crippen LogP contribution in [0.4, 0.5) is 5.00 Å². The molecule has 2 aromatic rings. The lowest BCUT2D eigenvalue weighted by Gasteiger charge is -2.26. The van der Waals surface area contributed by atoms with Crippen molar-refractivity contribution < 1.29 is 23.9 Å². The predicted octanol–water partition coefficient (Wildman–Crippen LogP) is 5.23. The second kappa shape index (κ2) is 10.7. The number of amides is 3. The van der Waals surface area contributed by atoms with E-state index in [1.54, 1.807) is 31.2 Å². The number of aryl methyl sites for hydroxylation is 1. The average molecular weight is 497 g/mol. The van der Waals surface area contributed by atoms with Crippen LogP contribution >= 0.6 is 11.3 Å². The van der Waals surface area contributed by atoms with Gasteiger partial charge < -0.3 is 10.1 Å². The maximum Gasteiger partial charge on any atom is 0.341 e. The summed E-state index contributed by atoms with van der Waals surface area (Å²) in [5.41, 5.74) is 2.01. The van der Waals surface area contributed by atoms with Gasteiger partial charge in [-0.05, 0) is 69.1 Å². The number of fused-ring (bicyclic) bond motifs is 2. The lowest BCUT2D eigenvalue weighted by molar-refractivity contribution is -0.120. The molecule has 4 rings (SSSR count). The summed E-state index contributed by atoms with van der Waals surface area (Å²) in [6, 6.07) is 5.67. The number of nitrogens with zero attached hydrogens (tertiary/aromatic N) is 1. The third-order valence-corrected chi connectivity index (χ3v) is 7.80.